The van der Waals surface area contributed by atoms with Crippen molar-refractivity contribution >= 4 is 22.6 Å². The number of para-hydroxylation sites is 1. The number of carbonyl (C=O) groups is 1. The lowest BCUT2D eigenvalue weighted by Gasteiger charge is -2.13. The number of carbonyl (C=O) groups excluding carboxylic acids is 1. The molecule has 4 rings (SSSR count). The van der Waals surface area contributed by atoms with Gasteiger partial charge in [0.2, 0.25) is 0 Å². The van der Waals surface area contributed by atoms with E-state index in [2.05, 4.69) is 10.4 Å². The second kappa shape index (κ2) is 7.63. The molecule has 1 N–H and O–H groups in total. The predicted octanol–water partition coefficient (Wildman–Crippen LogP) is 4.82. The Morgan fingerprint density at radius 3 is 2.43 bits per heavy atom. The Balaban J connectivity index is 1.88. The largest absolute Gasteiger partial charge is 0.497 e. The number of benzene rings is 2. The van der Waals surface area contributed by atoms with Crippen molar-refractivity contribution in [3.05, 3.63) is 70.9 Å². The molecular weight excluding hydrogens is 376 g/mol. The number of rotatable bonds is 4. The smallest absolute Gasteiger partial charge is 0.256 e. The summed E-state index contributed by atoms with van der Waals surface area (Å²) in [5.74, 6) is 0.553. The van der Waals surface area contributed by atoms with Crippen molar-refractivity contribution in [2.75, 3.05) is 12.4 Å². The van der Waals surface area contributed by atoms with E-state index in [0.29, 0.717) is 16.9 Å². The van der Waals surface area contributed by atoms with Crippen LogP contribution in [0.15, 0.2) is 48.5 Å². The van der Waals surface area contributed by atoms with E-state index in [1.54, 1.807) is 11.8 Å². The first-order valence-electron chi connectivity index (χ1n) is 9.75. The molecule has 0 radical (unpaired) electrons. The van der Waals surface area contributed by atoms with Crippen LogP contribution in [0.3, 0.4) is 0 Å². The summed E-state index contributed by atoms with van der Waals surface area (Å²) in [5.41, 5.74) is 6.41. The van der Waals surface area contributed by atoms with Gasteiger partial charge in [0.1, 0.15) is 5.75 Å². The molecule has 0 aliphatic heterocycles. The van der Waals surface area contributed by atoms with Crippen LogP contribution in [-0.4, -0.2) is 27.8 Å². The number of hydrogen-bond donors (Lipinski definition) is 1. The molecule has 0 atom stereocenters. The molecule has 4 aromatic rings. The maximum atomic E-state index is 13.4. The lowest BCUT2D eigenvalue weighted by Crippen LogP contribution is -2.15. The van der Waals surface area contributed by atoms with E-state index in [1.807, 2.05) is 76.3 Å². The van der Waals surface area contributed by atoms with Crippen molar-refractivity contribution in [1.82, 2.24) is 14.8 Å². The Morgan fingerprint density at radius 2 is 1.73 bits per heavy atom. The van der Waals surface area contributed by atoms with Crippen molar-refractivity contribution in [3.8, 4) is 17.0 Å². The molecule has 0 fully saturated rings. The van der Waals surface area contributed by atoms with Gasteiger partial charge >= 0.3 is 0 Å². The fraction of sp³-hybridized carbons (Fsp3) is 0.208. The number of nitrogens with zero attached hydrogens (tertiary/aromatic N) is 3. The first-order chi connectivity index (χ1) is 14.4. The van der Waals surface area contributed by atoms with E-state index in [9.17, 15) is 4.79 Å². The number of fused-ring (bicyclic) bond motifs is 1. The first kappa shape index (κ1) is 19.6. The lowest BCUT2D eigenvalue weighted by molar-refractivity contribution is 0.102. The molecule has 0 bridgehead atoms. The fourth-order valence-electron chi connectivity index (χ4n) is 3.75. The standard InChI is InChI=1S/C24H24N4O2/c1-14-8-6-9-15(2)22(14)26-24(29)19-13-20(17-10-7-11-18(12-17)30-5)25-23-21(19)16(3)27-28(23)4/h6-13H,1-5H3,(H,26,29). The van der Waals surface area contributed by atoms with Crippen LogP contribution in [0.25, 0.3) is 22.3 Å². The van der Waals surface area contributed by atoms with Crippen molar-refractivity contribution in [2.45, 2.75) is 20.8 Å². The fourth-order valence-corrected chi connectivity index (χ4v) is 3.75. The lowest BCUT2D eigenvalue weighted by atomic mass is 10.0. The highest BCUT2D eigenvalue weighted by atomic mass is 16.5. The van der Waals surface area contributed by atoms with Gasteiger partial charge in [-0.3, -0.25) is 9.48 Å². The zero-order valence-electron chi connectivity index (χ0n) is 17.8. The number of ether oxygens (including phenoxy) is 1. The Bertz CT molecular complexity index is 1250. The van der Waals surface area contributed by atoms with E-state index in [-0.39, 0.29) is 5.91 Å². The summed E-state index contributed by atoms with van der Waals surface area (Å²) in [4.78, 5) is 18.2. The summed E-state index contributed by atoms with van der Waals surface area (Å²) in [7, 11) is 3.47. The van der Waals surface area contributed by atoms with Crippen LogP contribution < -0.4 is 10.1 Å². The van der Waals surface area contributed by atoms with Crippen molar-refractivity contribution < 1.29 is 9.53 Å². The minimum Gasteiger partial charge on any atom is -0.497 e. The van der Waals surface area contributed by atoms with Crippen LogP contribution in [0, 0.1) is 20.8 Å². The molecule has 0 saturated heterocycles. The van der Waals surface area contributed by atoms with E-state index >= 15 is 0 Å². The highest BCUT2D eigenvalue weighted by molar-refractivity contribution is 6.13. The van der Waals surface area contributed by atoms with Gasteiger partial charge in [-0.05, 0) is 50.1 Å². The second-order valence-electron chi connectivity index (χ2n) is 7.42. The van der Waals surface area contributed by atoms with Gasteiger partial charge < -0.3 is 10.1 Å². The maximum absolute atomic E-state index is 13.4. The van der Waals surface area contributed by atoms with Gasteiger partial charge in [0, 0.05) is 18.3 Å². The molecule has 152 valence electrons. The summed E-state index contributed by atoms with van der Waals surface area (Å²) in [5, 5.41) is 8.35. The summed E-state index contributed by atoms with van der Waals surface area (Å²) in [6.07, 6.45) is 0. The topological polar surface area (TPSA) is 69.0 Å². The molecule has 2 aromatic heterocycles. The molecule has 0 aliphatic carbocycles. The van der Waals surface area contributed by atoms with Crippen molar-refractivity contribution in [1.29, 1.82) is 0 Å². The van der Waals surface area contributed by atoms with Gasteiger partial charge in [0.05, 0.1) is 29.4 Å². The molecular formula is C24H24N4O2. The Morgan fingerprint density at radius 1 is 1.03 bits per heavy atom. The predicted molar refractivity (Wildman–Crippen MR) is 119 cm³/mol. The molecule has 0 aliphatic rings. The van der Waals surface area contributed by atoms with E-state index < -0.39 is 0 Å². The average molecular weight is 400 g/mol. The van der Waals surface area contributed by atoms with Crippen LogP contribution in [0.5, 0.6) is 5.75 Å². The van der Waals surface area contributed by atoms with E-state index in [0.717, 1.165) is 39.2 Å². The first-order valence-corrected chi connectivity index (χ1v) is 9.75. The maximum Gasteiger partial charge on any atom is 0.256 e. The summed E-state index contributed by atoms with van der Waals surface area (Å²) in [6.45, 7) is 5.87. The average Bonchev–Trinajstić information content (AvgIpc) is 3.03. The number of aryl methyl sites for hydroxylation is 4. The number of hydrogen-bond acceptors (Lipinski definition) is 4. The number of amides is 1. The summed E-state index contributed by atoms with van der Waals surface area (Å²) in [6, 6.07) is 15.4. The number of anilines is 1. The summed E-state index contributed by atoms with van der Waals surface area (Å²) < 4.78 is 7.06. The van der Waals surface area contributed by atoms with Crippen LogP contribution in [0.4, 0.5) is 5.69 Å². The highest BCUT2D eigenvalue weighted by Crippen LogP contribution is 2.30. The zero-order valence-corrected chi connectivity index (χ0v) is 17.8. The SMILES string of the molecule is COc1cccc(-c2cc(C(=O)Nc3c(C)cccc3C)c3c(C)nn(C)c3n2)c1. The molecule has 6 heteroatoms. The number of pyridine rings is 1. The highest BCUT2D eigenvalue weighted by Gasteiger charge is 2.20. The number of methoxy groups -OCH3 is 1. The normalized spacial score (nSPS) is 11.0. The monoisotopic (exact) mass is 400 g/mol. The van der Waals surface area contributed by atoms with Crippen LogP contribution in [0.2, 0.25) is 0 Å². The van der Waals surface area contributed by atoms with Gasteiger partial charge in [0.25, 0.3) is 5.91 Å². The van der Waals surface area contributed by atoms with Gasteiger partial charge in [-0.1, -0.05) is 30.3 Å². The third-order valence-electron chi connectivity index (χ3n) is 5.30. The van der Waals surface area contributed by atoms with E-state index in [4.69, 9.17) is 9.72 Å². The third kappa shape index (κ3) is 3.41. The van der Waals surface area contributed by atoms with Crippen molar-refractivity contribution in [2.24, 2.45) is 7.05 Å². The molecule has 0 spiro atoms. The molecule has 6 nitrogen and oxygen atoms in total. The molecule has 0 saturated carbocycles. The van der Waals surface area contributed by atoms with Gasteiger partial charge in [0.15, 0.2) is 5.65 Å². The second-order valence-corrected chi connectivity index (χ2v) is 7.42. The molecule has 2 heterocycles. The van der Waals surface area contributed by atoms with Crippen molar-refractivity contribution in [3.63, 3.8) is 0 Å². The van der Waals surface area contributed by atoms with Gasteiger partial charge in [-0.2, -0.15) is 5.10 Å². The van der Waals surface area contributed by atoms with Gasteiger partial charge in [-0.15, -0.1) is 0 Å². The quantitative estimate of drug-likeness (QED) is 0.533. The summed E-state index contributed by atoms with van der Waals surface area (Å²) >= 11 is 0. The third-order valence-corrected chi connectivity index (χ3v) is 5.30. The Labute approximate surface area is 175 Å². The zero-order chi connectivity index (χ0) is 21.4. The molecule has 1 amide bonds. The number of nitrogens with one attached hydrogen (secondary N) is 1. The number of aromatic nitrogens is 3. The van der Waals surface area contributed by atoms with Gasteiger partial charge in [-0.25, -0.2) is 4.98 Å². The molecule has 2 aromatic carbocycles. The molecule has 30 heavy (non-hydrogen) atoms. The minimum atomic E-state index is -0.181. The Kier molecular flexibility index (Phi) is 4.99. The minimum absolute atomic E-state index is 0.181. The van der Waals surface area contributed by atoms with Crippen LogP contribution in [0.1, 0.15) is 27.2 Å². The Hall–Kier alpha value is -3.67. The van der Waals surface area contributed by atoms with E-state index in [1.165, 1.54) is 0 Å². The van der Waals surface area contributed by atoms with Crippen LogP contribution >= 0.6 is 0 Å². The van der Waals surface area contributed by atoms with Crippen LogP contribution in [-0.2, 0) is 7.05 Å². The molecule has 0 unspecified atom stereocenters.